The van der Waals surface area contributed by atoms with Crippen molar-refractivity contribution in [1.82, 2.24) is 9.80 Å². The number of hydrogen-bond donors (Lipinski definition) is 0. The molecule has 0 aromatic heterocycles. The van der Waals surface area contributed by atoms with E-state index in [4.69, 9.17) is 4.74 Å². The van der Waals surface area contributed by atoms with Gasteiger partial charge in [0.05, 0.1) is 0 Å². The van der Waals surface area contributed by atoms with Crippen molar-refractivity contribution < 1.29 is 13.5 Å². The maximum Gasteiger partial charge on any atom is 0.387 e. The van der Waals surface area contributed by atoms with Crippen LogP contribution >= 0.6 is 0 Å². The molecule has 0 bridgehead atoms. The van der Waals surface area contributed by atoms with Crippen LogP contribution in [0.5, 0.6) is 5.75 Å². The number of fused-ring (bicyclic) bond motifs is 1. The fourth-order valence-corrected chi connectivity index (χ4v) is 4.95. The summed E-state index contributed by atoms with van der Waals surface area (Å²) in [6, 6.07) is 16.2. The standard InChI is InChI=1S/C22H26F2N2O/c1-15-7-3-5-9-18(15)21-19-14-26(13-17(19)11-25(21)2)12-16-8-4-6-10-20(16)27-22(23)24/h3-10,17,19,21-22H,11-14H2,1-2H3/t17-,19+,21+/m0/s1. The average Bonchev–Trinajstić information content (AvgIpc) is 3.13. The summed E-state index contributed by atoms with van der Waals surface area (Å²) in [7, 11) is 2.21. The predicted octanol–water partition coefficient (Wildman–Crippen LogP) is 4.33. The van der Waals surface area contributed by atoms with Crippen molar-refractivity contribution in [1.29, 1.82) is 0 Å². The van der Waals surface area contributed by atoms with Crippen LogP contribution in [0, 0.1) is 18.8 Å². The van der Waals surface area contributed by atoms with E-state index in [2.05, 4.69) is 48.0 Å². The van der Waals surface area contributed by atoms with Crippen LogP contribution in [-0.2, 0) is 6.54 Å². The van der Waals surface area contributed by atoms with Crippen molar-refractivity contribution in [2.45, 2.75) is 26.1 Å². The third-order valence-corrected chi connectivity index (χ3v) is 6.06. The summed E-state index contributed by atoms with van der Waals surface area (Å²) < 4.78 is 30.1. The minimum absolute atomic E-state index is 0.289. The molecule has 4 rings (SSSR count). The van der Waals surface area contributed by atoms with E-state index in [0.29, 0.717) is 24.4 Å². The van der Waals surface area contributed by atoms with Gasteiger partial charge in [-0.2, -0.15) is 8.78 Å². The lowest BCUT2D eigenvalue weighted by molar-refractivity contribution is -0.0507. The zero-order chi connectivity index (χ0) is 19.0. The second-order valence-corrected chi connectivity index (χ2v) is 7.85. The first-order valence-corrected chi connectivity index (χ1v) is 9.53. The molecule has 2 heterocycles. The van der Waals surface area contributed by atoms with Crippen molar-refractivity contribution in [3.05, 3.63) is 65.2 Å². The van der Waals surface area contributed by atoms with Crippen molar-refractivity contribution in [2.75, 3.05) is 26.7 Å². The molecule has 0 unspecified atom stereocenters. The highest BCUT2D eigenvalue weighted by atomic mass is 19.3. The molecule has 5 heteroatoms. The molecule has 2 aromatic rings. The van der Waals surface area contributed by atoms with Crippen LogP contribution in [0.3, 0.4) is 0 Å². The second-order valence-electron chi connectivity index (χ2n) is 7.85. The van der Waals surface area contributed by atoms with E-state index in [1.165, 1.54) is 11.1 Å². The molecule has 3 atom stereocenters. The molecule has 27 heavy (non-hydrogen) atoms. The average molecular weight is 372 g/mol. The van der Waals surface area contributed by atoms with E-state index in [-0.39, 0.29) is 5.75 Å². The van der Waals surface area contributed by atoms with Crippen molar-refractivity contribution in [2.24, 2.45) is 11.8 Å². The molecule has 144 valence electrons. The van der Waals surface area contributed by atoms with E-state index < -0.39 is 6.61 Å². The minimum atomic E-state index is -2.79. The first kappa shape index (κ1) is 18.4. The Morgan fingerprint density at radius 3 is 2.56 bits per heavy atom. The lowest BCUT2D eigenvalue weighted by Gasteiger charge is -2.28. The molecule has 2 aromatic carbocycles. The molecule has 3 nitrogen and oxygen atoms in total. The van der Waals surface area contributed by atoms with Crippen LogP contribution in [0.15, 0.2) is 48.5 Å². The topological polar surface area (TPSA) is 15.7 Å². The molecule has 0 amide bonds. The third kappa shape index (κ3) is 3.71. The van der Waals surface area contributed by atoms with Gasteiger partial charge >= 0.3 is 6.61 Å². The largest absolute Gasteiger partial charge is 0.434 e. The molecule has 2 fully saturated rings. The highest BCUT2D eigenvalue weighted by Gasteiger charge is 2.46. The summed E-state index contributed by atoms with van der Waals surface area (Å²) in [5, 5.41) is 0. The van der Waals surface area contributed by atoms with Gasteiger partial charge in [-0.15, -0.1) is 0 Å². The Morgan fingerprint density at radius 1 is 1.04 bits per heavy atom. The number of nitrogens with zero attached hydrogens (tertiary/aromatic N) is 2. The Morgan fingerprint density at radius 2 is 1.78 bits per heavy atom. The number of likely N-dealkylation sites (tertiary alicyclic amines) is 2. The summed E-state index contributed by atoms with van der Waals surface area (Å²) in [6.07, 6.45) is 0. The fraction of sp³-hybridized carbons (Fsp3) is 0.455. The van der Waals surface area contributed by atoms with Gasteiger partial charge in [0.25, 0.3) is 0 Å². The zero-order valence-corrected chi connectivity index (χ0v) is 15.8. The van der Waals surface area contributed by atoms with Crippen LogP contribution in [-0.4, -0.2) is 43.1 Å². The Bertz CT molecular complexity index is 797. The van der Waals surface area contributed by atoms with E-state index in [9.17, 15) is 8.78 Å². The molecule has 0 N–H and O–H groups in total. The molecule has 0 spiro atoms. The SMILES string of the molecule is Cc1ccccc1[C@@H]1[C@@H]2CN(Cc3ccccc3OC(F)F)C[C@@H]2CN1C. The van der Waals surface area contributed by atoms with Gasteiger partial charge in [-0.05, 0) is 43.0 Å². The van der Waals surface area contributed by atoms with Crippen LogP contribution in [0.2, 0.25) is 0 Å². The number of para-hydroxylation sites is 1. The molecule has 0 saturated carbocycles. The minimum Gasteiger partial charge on any atom is -0.434 e. The lowest BCUT2D eigenvalue weighted by Crippen LogP contribution is -2.29. The van der Waals surface area contributed by atoms with E-state index in [1.807, 2.05) is 12.1 Å². The Kier molecular flexibility index (Phi) is 5.15. The number of rotatable bonds is 5. The molecule has 2 saturated heterocycles. The van der Waals surface area contributed by atoms with Crippen LogP contribution in [0.1, 0.15) is 22.7 Å². The summed E-state index contributed by atoms with van der Waals surface area (Å²) in [6.45, 7) is 3.11. The number of aryl methyl sites for hydroxylation is 1. The molecular weight excluding hydrogens is 346 g/mol. The molecule has 2 aliphatic heterocycles. The molecule has 2 aliphatic rings. The number of alkyl halides is 2. The number of benzene rings is 2. The normalized spacial score (nSPS) is 25.9. The van der Waals surface area contributed by atoms with E-state index in [1.54, 1.807) is 12.1 Å². The summed E-state index contributed by atoms with van der Waals surface area (Å²) in [4.78, 5) is 4.87. The molecular formula is C22H26F2N2O. The van der Waals surface area contributed by atoms with Gasteiger partial charge in [0, 0.05) is 37.8 Å². The summed E-state index contributed by atoms with van der Waals surface area (Å²) in [5.74, 6) is 1.47. The number of ether oxygens (including phenoxy) is 1. The van der Waals surface area contributed by atoms with Gasteiger partial charge in [0.15, 0.2) is 0 Å². The number of hydrogen-bond acceptors (Lipinski definition) is 3. The second kappa shape index (κ2) is 7.56. The van der Waals surface area contributed by atoms with Gasteiger partial charge in [-0.25, -0.2) is 0 Å². The van der Waals surface area contributed by atoms with E-state index in [0.717, 1.165) is 25.2 Å². The van der Waals surface area contributed by atoms with Gasteiger partial charge < -0.3 is 4.74 Å². The van der Waals surface area contributed by atoms with Crippen molar-refractivity contribution in [3.8, 4) is 5.75 Å². The van der Waals surface area contributed by atoms with Crippen molar-refractivity contribution >= 4 is 0 Å². The zero-order valence-electron chi connectivity index (χ0n) is 15.8. The van der Waals surface area contributed by atoms with Gasteiger partial charge in [-0.1, -0.05) is 42.5 Å². The van der Waals surface area contributed by atoms with Gasteiger partial charge in [-0.3, -0.25) is 9.80 Å². The lowest BCUT2D eigenvalue weighted by atomic mass is 9.88. The van der Waals surface area contributed by atoms with Gasteiger partial charge in [0.2, 0.25) is 0 Å². The quantitative estimate of drug-likeness (QED) is 0.777. The first-order valence-electron chi connectivity index (χ1n) is 9.53. The van der Waals surface area contributed by atoms with Crippen LogP contribution in [0.25, 0.3) is 0 Å². The van der Waals surface area contributed by atoms with Gasteiger partial charge in [0.1, 0.15) is 5.75 Å². The maximum absolute atomic E-state index is 12.7. The van der Waals surface area contributed by atoms with Crippen molar-refractivity contribution in [3.63, 3.8) is 0 Å². The number of halogens is 2. The molecule has 0 aliphatic carbocycles. The first-order chi connectivity index (χ1) is 13.0. The third-order valence-electron chi connectivity index (χ3n) is 6.06. The Hall–Kier alpha value is -1.98. The highest BCUT2D eigenvalue weighted by Crippen LogP contribution is 2.45. The maximum atomic E-state index is 12.7. The predicted molar refractivity (Wildman–Crippen MR) is 102 cm³/mol. The fourth-order valence-electron chi connectivity index (χ4n) is 4.95. The van der Waals surface area contributed by atoms with Crippen LogP contribution < -0.4 is 4.74 Å². The van der Waals surface area contributed by atoms with Crippen LogP contribution in [0.4, 0.5) is 8.78 Å². The molecule has 0 radical (unpaired) electrons. The monoisotopic (exact) mass is 372 g/mol. The Balaban J connectivity index is 1.50. The summed E-state index contributed by atoms with van der Waals surface area (Å²) in [5.41, 5.74) is 3.58. The summed E-state index contributed by atoms with van der Waals surface area (Å²) >= 11 is 0. The Labute approximate surface area is 159 Å². The smallest absolute Gasteiger partial charge is 0.387 e. The van der Waals surface area contributed by atoms with E-state index >= 15 is 0 Å². The highest BCUT2D eigenvalue weighted by molar-refractivity contribution is 5.34.